The van der Waals surface area contributed by atoms with E-state index >= 15 is 0 Å². The van der Waals surface area contributed by atoms with Gasteiger partial charge in [0, 0.05) is 0 Å². The minimum atomic E-state index is -4.43. The van der Waals surface area contributed by atoms with E-state index in [2.05, 4.69) is 4.76 Å². The third kappa shape index (κ3) is 2.71. The highest BCUT2D eigenvalue weighted by Gasteiger charge is 2.16. The normalized spacial score (nSPS) is 26.6. The molecular weight excluding hydrogens is 181 g/mol. The number of hydrogen-bond acceptors (Lipinski definition) is 2. The summed E-state index contributed by atoms with van der Waals surface area (Å²) < 4.78 is 13.4. The van der Waals surface area contributed by atoms with Crippen LogP contribution in [0.15, 0.2) is 29.1 Å². The van der Waals surface area contributed by atoms with Gasteiger partial charge in [-0.15, -0.1) is 0 Å². The predicted octanol–water partition coefficient (Wildman–Crippen LogP) is 0.00700. The van der Waals surface area contributed by atoms with Crippen molar-refractivity contribution in [2.75, 3.05) is 0 Å². The quantitative estimate of drug-likeness (QED) is 0.506. The lowest BCUT2D eigenvalue weighted by molar-refractivity contribution is 0.288. The maximum Gasteiger partial charge on any atom is 0.449 e. The van der Waals surface area contributed by atoms with Gasteiger partial charge in [-0.1, -0.05) is 18.2 Å². The molecule has 0 saturated heterocycles. The molecule has 66 valence electrons. The Labute approximate surface area is 69.0 Å². The molecule has 0 fully saturated rings. The average molecular weight is 189 g/mol. The summed E-state index contributed by atoms with van der Waals surface area (Å²) in [6.45, 7) is 0. The fourth-order valence-electron chi connectivity index (χ4n) is 0.764. The van der Waals surface area contributed by atoms with Crippen molar-refractivity contribution in [3.05, 3.63) is 24.3 Å². The molecule has 6 heteroatoms. The monoisotopic (exact) mass is 189 g/mol. The Balaban J connectivity index is 2.90. The van der Waals surface area contributed by atoms with Crippen molar-refractivity contribution in [1.82, 2.24) is 0 Å². The molecule has 3 N–H and O–H groups in total. The number of rotatable bonds is 1. The zero-order chi connectivity index (χ0) is 9.19. The van der Waals surface area contributed by atoms with Crippen LogP contribution >= 0.6 is 7.75 Å². The van der Waals surface area contributed by atoms with Gasteiger partial charge in [0.25, 0.3) is 0 Å². The van der Waals surface area contributed by atoms with Crippen molar-refractivity contribution >= 4 is 13.5 Å². The van der Waals surface area contributed by atoms with Gasteiger partial charge < -0.3 is 14.9 Å². The zero-order valence-corrected chi connectivity index (χ0v) is 6.93. The summed E-state index contributed by atoms with van der Waals surface area (Å²) in [4.78, 5) is 16.9. The summed E-state index contributed by atoms with van der Waals surface area (Å²) >= 11 is 0. The van der Waals surface area contributed by atoms with Gasteiger partial charge in [0.1, 0.15) is 6.10 Å². The largest absolute Gasteiger partial charge is 0.449 e. The fourth-order valence-corrected chi connectivity index (χ4v) is 1.25. The first kappa shape index (κ1) is 9.35. The molecule has 0 aromatic rings. The predicted molar refractivity (Wildman–Crippen MR) is 43.8 cm³/mol. The van der Waals surface area contributed by atoms with Crippen LogP contribution < -0.4 is 0 Å². The SMILES string of the molecule is O=P(O)(O)N=C1C=CC=CC1O. The van der Waals surface area contributed by atoms with E-state index < -0.39 is 13.9 Å². The second kappa shape index (κ2) is 3.33. The van der Waals surface area contributed by atoms with Crippen LogP contribution in [0.3, 0.4) is 0 Å². The third-order valence-electron chi connectivity index (χ3n) is 1.22. The smallest absolute Gasteiger partial charge is 0.383 e. The third-order valence-corrected chi connectivity index (χ3v) is 1.71. The van der Waals surface area contributed by atoms with Crippen LogP contribution in [0, 0.1) is 0 Å². The first-order chi connectivity index (χ1) is 5.49. The van der Waals surface area contributed by atoms with Gasteiger partial charge in [-0.05, 0) is 6.08 Å². The number of hydrogen-bond donors (Lipinski definition) is 3. The number of allylic oxidation sites excluding steroid dienone is 2. The Morgan fingerprint density at radius 1 is 1.42 bits per heavy atom. The molecule has 0 spiro atoms. The van der Waals surface area contributed by atoms with Gasteiger partial charge in [-0.2, -0.15) is 4.76 Å². The maximum atomic E-state index is 10.4. The molecule has 0 heterocycles. The van der Waals surface area contributed by atoms with Crippen LogP contribution in [-0.2, 0) is 4.57 Å². The summed E-state index contributed by atoms with van der Waals surface area (Å²) in [5.41, 5.74) is -0.0224. The lowest BCUT2D eigenvalue weighted by Crippen LogP contribution is -2.17. The van der Waals surface area contributed by atoms with Crippen LogP contribution in [-0.4, -0.2) is 26.7 Å². The molecule has 5 nitrogen and oxygen atoms in total. The molecule has 1 rings (SSSR count). The molecule has 12 heavy (non-hydrogen) atoms. The van der Waals surface area contributed by atoms with Crippen molar-refractivity contribution < 1.29 is 19.5 Å². The van der Waals surface area contributed by atoms with Crippen LogP contribution in [0.2, 0.25) is 0 Å². The first-order valence-corrected chi connectivity index (χ1v) is 4.74. The molecule has 0 aliphatic heterocycles. The molecule has 1 atom stereocenters. The summed E-state index contributed by atoms with van der Waals surface area (Å²) in [7, 11) is -4.43. The molecule has 0 aromatic carbocycles. The highest BCUT2D eigenvalue weighted by atomic mass is 31.2. The molecule has 1 aliphatic carbocycles. The fraction of sp³-hybridized carbons (Fsp3) is 0.167. The van der Waals surface area contributed by atoms with E-state index in [9.17, 15) is 4.57 Å². The van der Waals surface area contributed by atoms with Gasteiger partial charge in [0.15, 0.2) is 0 Å². The van der Waals surface area contributed by atoms with E-state index in [1.54, 1.807) is 12.2 Å². The molecule has 0 amide bonds. The Morgan fingerprint density at radius 2 is 2.08 bits per heavy atom. The summed E-state index contributed by atoms with van der Waals surface area (Å²) in [6, 6.07) is 0. The first-order valence-electron chi connectivity index (χ1n) is 3.18. The van der Waals surface area contributed by atoms with E-state index in [4.69, 9.17) is 14.9 Å². The van der Waals surface area contributed by atoms with Crippen molar-refractivity contribution in [1.29, 1.82) is 0 Å². The van der Waals surface area contributed by atoms with Crippen LogP contribution in [0.25, 0.3) is 0 Å². The maximum absolute atomic E-state index is 10.4. The molecule has 0 bridgehead atoms. The minimum absolute atomic E-state index is 0.0224. The van der Waals surface area contributed by atoms with Crippen molar-refractivity contribution in [2.24, 2.45) is 4.76 Å². The lowest BCUT2D eigenvalue weighted by Gasteiger charge is -2.08. The Hall–Kier alpha value is -0.740. The highest BCUT2D eigenvalue weighted by Crippen LogP contribution is 2.36. The Morgan fingerprint density at radius 3 is 2.58 bits per heavy atom. The van der Waals surface area contributed by atoms with E-state index in [1.165, 1.54) is 12.2 Å². The Kier molecular flexibility index (Phi) is 2.59. The van der Waals surface area contributed by atoms with Crippen LogP contribution in [0.5, 0.6) is 0 Å². The van der Waals surface area contributed by atoms with E-state index in [-0.39, 0.29) is 5.71 Å². The van der Waals surface area contributed by atoms with Gasteiger partial charge in [-0.3, -0.25) is 0 Å². The lowest BCUT2D eigenvalue weighted by atomic mass is 10.1. The molecular formula is C6H8NO4P. The highest BCUT2D eigenvalue weighted by molar-refractivity contribution is 7.50. The molecule has 0 radical (unpaired) electrons. The topological polar surface area (TPSA) is 90.1 Å². The zero-order valence-electron chi connectivity index (χ0n) is 6.03. The summed E-state index contributed by atoms with van der Waals surface area (Å²) in [6.07, 6.45) is 4.82. The molecule has 1 unspecified atom stereocenters. The Bertz CT molecular complexity index is 301. The molecule has 0 aromatic heterocycles. The minimum Gasteiger partial charge on any atom is -0.383 e. The van der Waals surface area contributed by atoms with Gasteiger partial charge in [0.05, 0.1) is 5.71 Å². The summed E-state index contributed by atoms with van der Waals surface area (Å²) in [5, 5.41) is 9.12. The van der Waals surface area contributed by atoms with Crippen LogP contribution in [0.4, 0.5) is 0 Å². The summed E-state index contributed by atoms with van der Waals surface area (Å²) in [5.74, 6) is 0. The number of aliphatic hydroxyl groups excluding tert-OH is 1. The van der Waals surface area contributed by atoms with E-state index in [1.807, 2.05) is 0 Å². The van der Waals surface area contributed by atoms with Crippen molar-refractivity contribution in [3.63, 3.8) is 0 Å². The number of aliphatic hydroxyl groups is 1. The van der Waals surface area contributed by atoms with E-state index in [0.717, 1.165) is 0 Å². The molecule has 1 aliphatic rings. The van der Waals surface area contributed by atoms with Crippen LogP contribution in [0.1, 0.15) is 0 Å². The average Bonchev–Trinajstić information content (AvgIpc) is 1.91. The second-order valence-electron chi connectivity index (χ2n) is 2.23. The standard InChI is InChI=1S/C6H8NO4P/c8-6-4-2-1-3-5(6)7-12(9,10)11/h1-4,6,8H,(H2,9,10,11). The van der Waals surface area contributed by atoms with Gasteiger partial charge in [-0.25, -0.2) is 4.57 Å². The van der Waals surface area contributed by atoms with Gasteiger partial charge in [0.2, 0.25) is 0 Å². The number of nitrogens with zero attached hydrogens (tertiary/aromatic N) is 1. The van der Waals surface area contributed by atoms with E-state index in [0.29, 0.717) is 0 Å². The molecule has 0 saturated carbocycles. The van der Waals surface area contributed by atoms with Crippen molar-refractivity contribution in [2.45, 2.75) is 6.10 Å². The van der Waals surface area contributed by atoms with Gasteiger partial charge >= 0.3 is 7.75 Å². The second-order valence-corrected chi connectivity index (χ2v) is 3.45. The van der Waals surface area contributed by atoms with Crippen molar-refractivity contribution in [3.8, 4) is 0 Å².